The van der Waals surface area contributed by atoms with E-state index in [1.54, 1.807) is 0 Å². The lowest BCUT2D eigenvalue weighted by atomic mass is 10.1. The molecule has 0 aromatic rings. The normalized spacial score (nSPS) is 13.5. The Morgan fingerprint density at radius 1 is 1.60 bits per heavy atom. The molecule has 0 aromatic heterocycles. The van der Waals surface area contributed by atoms with Crippen LogP contribution in [0.1, 0.15) is 20.3 Å². The van der Waals surface area contributed by atoms with Crippen LogP contribution in [0.3, 0.4) is 0 Å². The lowest BCUT2D eigenvalue weighted by Crippen LogP contribution is -2.06. The van der Waals surface area contributed by atoms with Crippen LogP contribution in [0, 0.1) is 5.92 Å². The van der Waals surface area contributed by atoms with Crippen molar-refractivity contribution in [2.24, 2.45) is 5.92 Å². The molecular formula is C7H15FOS. The third-order valence-corrected chi connectivity index (χ3v) is 1.73. The first-order valence-electron chi connectivity index (χ1n) is 3.62. The van der Waals surface area contributed by atoms with Crippen LogP contribution in [0.5, 0.6) is 0 Å². The number of hydrogen-bond acceptors (Lipinski definition) is 2. The highest BCUT2D eigenvalue weighted by Crippen LogP contribution is 2.02. The number of halogens is 1. The van der Waals surface area contributed by atoms with Gasteiger partial charge >= 0.3 is 0 Å². The highest BCUT2D eigenvalue weighted by Gasteiger charge is 1.97. The van der Waals surface area contributed by atoms with Crippen molar-refractivity contribution < 1.29 is 8.62 Å². The fourth-order valence-corrected chi connectivity index (χ4v) is 0.674. The molecule has 0 aromatic carbocycles. The summed E-state index contributed by atoms with van der Waals surface area (Å²) in [6.45, 7) is 5.54. The summed E-state index contributed by atoms with van der Waals surface area (Å²) < 4.78 is 16.6. The van der Waals surface area contributed by atoms with Crippen molar-refractivity contribution in [3.8, 4) is 0 Å². The Bertz CT molecular complexity index is 70.6. The van der Waals surface area contributed by atoms with E-state index in [1.807, 2.05) is 0 Å². The average molecular weight is 166 g/mol. The minimum atomic E-state index is 0.336. The second-order valence-corrected chi connectivity index (χ2v) is 3.03. The van der Waals surface area contributed by atoms with E-state index >= 15 is 0 Å². The van der Waals surface area contributed by atoms with Crippen molar-refractivity contribution in [2.75, 3.05) is 19.0 Å². The van der Waals surface area contributed by atoms with E-state index in [1.165, 1.54) is 0 Å². The van der Waals surface area contributed by atoms with E-state index in [4.69, 9.17) is 4.74 Å². The van der Waals surface area contributed by atoms with Gasteiger partial charge in [-0.05, 0) is 5.92 Å². The SMILES string of the molecule is CCC(C)COCCSF. The van der Waals surface area contributed by atoms with Crippen molar-refractivity contribution in [3.63, 3.8) is 0 Å². The maximum absolute atomic E-state index is 11.4. The van der Waals surface area contributed by atoms with Crippen molar-refractivity contribution in [1.29, 1.82) is 0 Å². The number of ether oxygens (including phenoxy) is 1. The molecule has 3 heteroatoms. The standard InChI is InChI=1S/C7H15FOS/c1-3-7(2)6-9-4-5-10-8/h7H,3-6H2,1-2H3. The average Bonchev–Trinajstić information content (AvgIpc) is 1.98. The van der Waals surface area contributed by atoms with Gasteiger partial charge in [0.05, 0.1) is 6.61 Å². The molecule has 0 radical (unpaired) electrons. The van der Waals surface area contributed by atoms with Crippen LogP contribution in [-0.4, -0.2) is 19.0 Å². The van der Waals surface area contributed by atoms with Gasteiger partial charge in [0.15, 0.2) is 0 Å². The predicted molar refractivity (Wildman–Crippen MR) is 43.8 cm³/mol. The first-order valence-corrected chi connectivity index (χ1v) is 4.51. The smallest absolute Gasteiger partial charge is 0.0582 e. The largest absolute Gasteiger partial charge is 0.380 e. The molecule has 0 heterocycles. The van der Waals surface area contributed by atoms with Gasteiger partial charge in [-0.2, -0.15) is 3.89 Å². The Morgan fingerprint density at radius 2 is 2.30 bits per heavy atom. The molecule has 10 heavy (non-hydrogen) atoms. The topological polar surface area (TPSA) is 9.23 Å². The summed E-state index contributed by atoms with van der Waals surface area (Å²) in [6, 6.07) is 0. The van der Waals surface area contributed by atoms with Gasteiger partial charge in [-0.15, -0.1) is 0 Å². The summed E-state index contributed by atoms with van der Waals surface area (Å²) >= 11 is 0.336. The van der Waals surface area contributed by atoms with Crippen molar-refractivity contribution >= 4 is 12.1 Å². The molecule has 62 valence electrons. The molecular weight excluding hydrogens is 151 g/mol. The maximum atomic E-state index is 11.4. The molecule has 0 saturated heterocycles. The first-order chi connectivity index (χ1) is 4.81. The second-order valence-electron chi connectivity index (χ2n) is 2.40. The Kier molecular flexibility index (Phi) is 7.52. The molecule has 0 saturated carbocycles. The molecule has 0 fully saturated rings. The summed E-state index contributed by atoms with van der Waals surface area (Å²) in [6.07, 6.45) is 1.13. The van der Waals surface area contributed by atoms with Crippen molar-refractivity contribution in [3.05, 3.63) is 0 Å². The molecule has 0 aliphatic carbocycles. The fourth-order valence-electron chi connectivity index (χ4n) is 0.493. The van der Waals surface area contributed by atoms with Crippen LogP contribution in [0.4, 0.5) is 3.89 Å². The monoisotopic (exact) mass is 166 g/mol. The van der Waals surface area contributed by atoms with Gasteiger partial charge < -0.3 is 4.74 Å². The molecule has 0 spiro atoms. The summed E-state index contributed by atoms with van der Waals surface area (Å²) in [4.78, 5) is 0. The summed E-state index contributed by atoms with van der Waals surface area (Å²) in [7, 11) is 0. The molecule has 0 aliphatic heterocycles. The molecule has 0 bridgehead atoms. The Hall–Kier alpha value is 0.240. The van der Waals surface area contributed by atoms with E-state index < -0.39 is 0 Å². The molecule has 0 amide bonds. The summed E-state index contributed by atoms with van der Waals surface area (Å²) in [5.74, 6) is 1.06. The summed E-state index contributed by atoms with van der Waals surface area (Å²) in [5.41, 5.74) is 0. The second kappa shape index (κ2) is 7.35. The lowest BCUT2D eigenvalue weighted by molar-refractivity contribution is 0.117. The Labute approximate surface area is 66.6 Å². The van der Waals surface area contributed by atoms with Crippen LogP contribution in [-0.2, 0) is 4.74 Å². The molecule has 0 N–H and O–H groups in total. The molecule has 0 rings (SSSR count). The minimum Gasteiger partial charge on any atom is -0.380 e. The van der Waals surface area contributed by atoms with Crippen LogP contribution in [0.25, 0.3) is 0 Å². The third-order valence-electron chi connectivity index (χ3n) is 1.40. The van der Waals surface area contributed by atoms with Gasteiger partial charge in [-0.3, -0.25) is 0 Å². The lowest BCUT2D eigenvalue weighted by Gasteiger charge is -2.07. The highest BCUT2D eigenvalue weighted by atomic mass is 32.2. The van der Waals surface area contributed by atoms with Gasteiger partial charge in [0.1, 0.15) is 0 Å². The van der Waals surface area contributed by atoms with Gasteiger partial charge in [0.25, 0.3) is 0 Å². The van der Waals surface area contributed by atoms with Crippen LogP contribution >= 0.6 is 12.1 Å². The van der Waals surface area contributed by atoms with E-state index in [0.29, 0.717) is 30.4 Å². The highest BCUT2D eigenvalue weighted by molar-refractivity contribution is 7.94. The van der Waals surface area contributed by atoms with E-state index in [2.05, 4.69) is 13.8 Å². The van der Waals surface area contributed by atoms with Crippen LogP contribution in [0.2, 0.25) is 0 Å². The minimum absolute atomic E-state index is 0.336. The maximum Gasteiger partial charge on any atom is 0.0582 e. The zero-order valence-electron chi connectivity index (χ0n) is 6.60. The molecule has 1 unspecified atom stereocenters. The van der Waals surface area contributed by atoms with Crippen LogP contribution < -0.4 is 0 Å². The van der Waals surface area contributed by atoms with Crippen molar-refractivity contribution in [2.45, 2.75) is 20.3 Å². The zero-order chi connectivity index (χ0) is 7.82. The van der Waals surface area contributed by atoms with E-state index in [9.17, 15) is 3.89 Å². The van der Waals surface area contributed by atoms with Gasteiger partial charge in [0.2, 0.25) is 0 Å². The van der Waals surface area contributed by atoms with E-state index in [0.717, 1.165) is 13.0 Å². The summed E-state index contributed by atoms with van der Waals surface area (Å²) in [5, 5.41) is 0. The molecule has 0 aliphatic rings. The molecule has 1 atom stereocenters. The fraction of sp³-hybridized carbons (Fsp3) is 1.00. The predicted octanol–water partition coefficient (Wildman–Crippen LogP) is 2.67. The number of rotatable bonds is 6. The zero-order valence-corrected chi connectivity index (χ0v) is 7.42. The first kappa shape index (κ1) is 10.2. The van der Waals surface area contributed by atoms with Crippen LogP contribution in [0.15, 0.2) is 0 Å². The quantitative estimate of drug-likeness (QED) is 0.561. The van der Waals surface area contributed by atoms with Gasteiger partial charge in [0, 0.05) is 24.5 Å². The third kappa shape index (κ3) is 6.36. The van der Waals surface area contributed by atoms with Crippen molar-refractivity contribution in [1.82, 2.24) is 0 Å². The number of hydrogen-bond donors (Lipinski definition) is 0. The van der Waals surface area contributed by atoms with Gasteiger partial charge in [-0.1, -0.05) is 20.3 Å². The van der Waals surface area contributed by atoms with Gasteiger partial charge in [-0.25, -0.2) is 0 Å². The Morgan fingerprint density at radius 3 is 2.80 bits per heavy atom. The Balaban J connectivity index is 2.89. The van der Waals surface area contributed by atoms with E-state index in [-0.39, 0.29) is 0 Å². The molecule has 1 nitrogen and oxygen atoms in total.